The lowest BCUT2D eigenvalue weighted by Crippen LogP contribution is -2.41. The van der Waals surface area contributed by atoms with Crippen molar-refractivity contribution in [2.45, 2.75) is 37.5 Å². The first-order valence-corrected chi connectivity index (χ1v) is 9.47. The van der Waals surface area contributed by atoms with Gasteiger partial charge in [0.15, 0.2) is 5.12 Å². The first-order valence-electron chi connectivity index (χ1n) is 7.73. The predicted octanol–water partition coefficient (Wildman–Crippen LogP) is 5.02. The molecule has 1 aromatic carbocycles. The van der Waals surface area contributed by atoms with Crippen LogP contribution in [0.1, 0.15) is 37.7 Å². The fraction of sp³-hybridized carbons (Fsp3) is 0.588. The third kappa shape index (κ3) is 4.19. The number of thioether (sulfide) groups is 1. The molecule has 0 amide bonds. The van der Waals surface area contributed by atoms with Crippen molar-refractivity contribution in [2.24, 2.45) is 0 Å². The summed E-state index contributed by atoms with van der Waals surface area (Å²) in [4.78, 5) is 14.9. The minimum atomic E-state index is -0.333. The predicted molar refractivity (Wildman–Crippen MR) is 97.2 cm³/mol. The average molecular weight is 360 g/mol. The minimum Gasteiger partial charge on any atom is -0.309 e. The van der Waals surface area contributed by atoms with Gasteiger partial charge in [-0.25, -0.2) is 0 Å². The maximum absolute atomic E-state index is 12.7. The Balaban J connectivity index is 1.95. The van der Waals surface area contributed by atoms with Crippen molar-refractivity contribution in [3.63, 3.8) is 0 Å². The molecule has 0 aromatic heterocycles. The fourth-order valence-corrected chi connectivity index (χ4v) is 4.20. The number of hydrogen-bond donors (Lipinski definition) is 0. The molecule has 0 bridgehead atoms. The molecule has 2 rings (SSSR count). The molecule has 1 aliphatic carbocycles. The van der Waals surface area contributed by atoms with Crippen LogP contribution < -0.4 is 0 Å². The number of carbonyl (C=O) groups is 1. The third-order valence-electron chi connectivity index (χ3n) is 4.30. The minimum absolute atomic E-state index is 0.294. The molecule has 122 valence electrons. The van der Waals surface area contributed by atoms with Crippen LogP contribution in [0, 0.1) is 0 Å². The Morgan fingerprint density at radius 2 is 1.95 bits per heavy atom. The molecule has 1 aromatic rings. The summed E-state index contributed by atoms with van der Waals surface area (Å²) >= 11 is 13.6. The molecule has 0 atom stereocenters. The SMILES string of the molecule is CN(C)CCCCSC(=O)C1(c2ccc(Cl)c(Cl)c2)CCC1. The molecule has 0 spiro atoms. The quantitative estimate of drug-likeness (QED) is 0.637. The van der Waals surface area contributed by atoms with Crippen LogP contribution in [0.5, 0.6) is 0 Å². The number of rotatable bonds is 7. The van der Waals surface area contributed by atoms with E-state index in [1.165, 1.54) is 11.8 Å². The second-order valence-corrected chi connectivity index (χ2v) is 8.09. The summed E-state index contributed by atoms with van der Waals surface area (Å²) in [5, 5.41) is 1.37. The molecule has 1 saturated carbocycles. The molecule has 0 saturated heterocycles. The molecule has 2 nitrogen and oxygen atoms in total. The van der Waals surface area contributed by atoms with Gasteiger partial charge in [-0.15, -0.1) is 0 Å². The highest BCUT2D eigenvalue weighted by molar-refractivity contribution is 8.13. The molecule has 22 heavy (non-hydrogen) atoms. The van der Waals surface area contributed by atoms with Gasteiger partial charge in [-0.05, 0) is 64.0 Å². The second kappa shape index (κ2) is 8.05. The van der Waals surface area contributed by atoms with E-state index in [4.69, 9.17) is 23.2 Å². The fourth-order valence-electron chi connectivity index (χ4n) is 2.77. The summed E-state index contributed by atoms with van der Waals surface area (Å²) in [5.41, 5.74) is 0.694. The van der Waals surface area contributed by atoms with Crippen LogP contribution in [0.25, 0.3) is 0 Å². The van der Waals surface area contributed by atoms with Gasteiger partial charge in [-0.1, -0.05) is 47.5 Å². The van der Waals surface area contributed by atoms with E-state index in [-0.39, 0.29) is 5.41 Å². The van der Waals surface area contributed by atoms with Gasteiger partial charge < -0.3 is 4.90 Å². The van der Waals surface area contributed by atoms with Gasteiger partial charge in [0.25, 0.3) is 0 Å². The molecular weight excluding hydrogens is 337 g/mol. The molecule has 0 N–H and O–H groups in total. The number of benzene rings is 1. The Kier molecular flexibility index (Phi) is 6.63. The van der Waals surface area contributed by atoms with Crippen molar-refractivity contribution >= 4 is 40.1 Å². The van der Waals surface area contributed by atoms with Gasteiger partial charge in [-0.3, -0.25) is 4.79 Å². The molecule has 5 heteroatoms. The molecule has 0 radical (unpaired) electrons. The average Bonchev–Trinajstić information content (AvgIpc) is 2.41. The number of nitrogens with zero attached hydrogens (tertiary/aromatic N) is 1. The number of carbonyl (C=O) groups excluding carboxylic acids is 1. The zero-order valence-electron chi connectivity index (χ0n) is 13.2. The standard InChI is InChI=1S/C17H23Cl2NOS/c1-20(2)10-3-4-11-22-16(21)17(8-5-9-17)13-6-7-14(18)15(19)12-13/h6-7,12H,3-5,8-11H2,1-2H3. The van der Waals surface area contributed by atoms with Crippen molar-refractivity contribution in [3.8, 4) is 0 Å². The molecule has 0 unspecified atom stereocenters. The third-order valence-corrected chi connectivity index (χ3v) is 6.19. The second-order valence-electron chi connectivity index (χ2n) is 6.21. The Morgan fingerprint density at radius 1 is 1.23 bits per heavy atom. The molecule has 0 aliphatic heterocycles. The summed E-state index contributed by atoms with van der Waals surface area (Å²) in [6, 6.07) is 5.62. The molecule has 0 heterocycles. The van der Waals surface area contributed by atoms with E-state index in [0.717, 1.165) is 50.0 Å². The summed E-state index contributed by atoms with van der Waals surface area (Å²) in [6.07, 6.45) is 5.16. The maximum atomic E-state index is 12.7. The van der Waals surface area contributed by atoms with Crippen molar-refractivity contribution in [2.75, 3.05) is 26.4 Å². The van der Waals surface area contributed by atoms with Crippen molar-refractivity contribution in [1.29, 1.82) is 0 Å². The Hall–Kier alpha value is -0.220. The highest BCUT2D eigenvalue weighted by Gasteiger charge is 2.45. The van der Waals surface area contributed by atoms with E-state index in [1.54, 1.807) is 6.07 Å². The Bertz CT molecular complexity index is 529. The van der Waals surface area contributed by atoms with Crippen LogP contribution in [-0.4, -0.2) is 36.4 Å². The monoisotopic (exact) mass is 359 g/mol. The lowest BCUT2D eigenvalue weighted by molar-refractivity contribution is -0.118. The Labute approximate surface area is 147 Å². The first-order chi connectivity index (χ1) is 10.5. The van der Waals surface area contributed by atoms with E-state index in [1.807, 2.05) is 12.1 Å². The smallest absolute Gasteiger partial charge is 0.199 e. The highest BCUT2D eigenvalue weighted by atomic mass is 35.5. The van der Waals surface area contributed by atoms with Crippen LogP contribution in [-0.2, 0) is 10.2 Å². The van der Waals surface area contributed by atoms with Gasteiger partial charge in [0.1, 0.15) is 0 Å². The lowest BCUT2D eigenvalue weighted by Gasteiger charge is -2.40. The zero-order valence-corrected chi connectivity index (χ0v) is 15.5. The lowest BCUT2D eigenvalue weighted by atomic mass is 9.65. The van der Waals surface area contributed by atoms with Crippen LogP contribution in [0.4, 0.5) is 0 Å². The van der Waals surface area contributed by atoms with Gasteiger partial charge in [0.05, 0.1) is 15.5 Å². The van der Waals surface area contributed by atoms with E-state index in [9.17, 15) is 4.79 Å². The topological polar surface area (TPSA) is 20.3 Å². The normalized spacial score (nSPS) is 16.6. The van der Waals surface area contributed by atoms with Crippen LogP contribution in [0.2, 0.25) is 10.0 Å². The maximum Gasteiger partial charge on any atom is 0.199 e. The van der Waals surface area contributed by atoms with Gasteiger partial charge in [0, 0.05) is 5.75 Å². The largest absolute Gasteiger partial charge is 0.309 e. The number of hydrogen-bond acceptors (Lipinski definition) is 3. The summed E-state index contributed by atoms with van der Waals surface area (Å²) in [7, 11) is 4.15. The molecule has 1 fully saturated rings. The van der Waals surface area contributed by atoms with E-state index in [2.05, 4.69) is 19.0 Å². The van der Waals surface area contributed by atoms with Crippen molar-refractivity contribution in [1.82, 2.24) is 4.90 Å². The molecular formula is C17H23Cl2NOS. The highest BCUT2D eigenvalue weighted by Crippen LogP contribution is 2.48. The van der Waals surface area contributed by atoms with Gasteiger partial charge in [0.2, 0.25) is 0 Å². The molecule has 1 aliphatic rings. The summed E-state index contributed by atoms with van der Waals surface area (Å²) in [5.74, 6) is 0.899. The van der Waals surface area contributed by atoms with Gasteiger partial charge in [-0.2, -0.15) is 0 Å². The number of unbranched alkanes of at least 4 members (excludes halogenated alkanes) is 1. The first kappa shape index (κ1) is 18.1. The number of halogens is 2. The Morgan fingerprint density at radius 3 is 2.50 bits per heavy atom. The zero-order chi connectivity index (χ0) is 16.2. The van der Waals surface area contributed by atoms with Crippen LogP contribution >= 0.6 is 35.0 Å². The van der Waals surface area contributed by atoms with Crippen LogP contribution in [0.3, 0.4) is 0 Å². The van der Waals surface area contributed by atoms with Gasteiger partial charge >= 0.3 is 0 Å². The van der Waals surface area contributed by atoms with E-state index >= 15 is 0 Å². The summed E-state index contributed by atoms with van der Waals surface area (Å²) < 4.78 is 0. The van der Waals surface area contributed by atoms with E-state index in [0.29, 0.717) is 15.2 Å². The van der Waals surface area contributed by atoms with Crippen molar-refractivity contribution in [3.05, 3.63) is 33.8 Å². The van der Waals surface area contributed by atoms with E-state index < -0.39 is 0 Å². The van der Waals surface area contributed by atoms with Crippen molar-refractivity contribution < 1.29 is 4.79 Å². The summed E-state index contributed by atoms with van der Waals surface area (Å²) in [6.45, 7) is 1.08. The van der Waals surface area contributed by atoms with Crippen LogP contribution in [0.15, 0.2) is 18.2 Å².